The number of aliphatic hydroxyl groups is 3. The fourth-order valence-electron chi connectivity index (χ4n) is 7.23. The van der Waals surface area contributed by atoms with Crippen LogP contribution in [0.3, 0.4) is 0 Å². The van der Waals surface area contributed by atoms with Crippen molar-refractivity contribution in [3.63, 3.8) is 0 Å². The summed E-state index contributed by atoms with van der Waals surface area (Å²) < 4.78 is 26.4. The van der Waals surface area contributed by atoms with Gasteiger partial charge < -0.3 is 34.6 Å². The first kappa shape index (κ1) is 51.4. The van der Waals surface area contributed by atoms with Crippen molar-refractivity contribution in [2.75, 3.05) is 13.2 Å². The number of carbonyl (C=O) groups excluding carboxylic acids is 2. The van der Waals surface area contributed by atoms with E-state index in [1.54, 1.807) is 6.08 Å². The van der Waals surface area contributed by atoms with Crippen LogP contribution in [0.1, 0.15) is 187 Å². The topological polar surface area (TPSA) is 180 Å². The van der Waals surface area contributed by atoms with Gasteiger partial charge in [-0.05, 0) is 57.3 Å². The monoisotopic (exact) mass is 803 g/mol. The van der Waals surface area contributed by atoms with Crippen LogP contribution in [-0.4, -0.2) is 74.7 Å². The van der Waals surface area contributed by atoms with E-state index in [-0.39, 0.29) is 31.3 Å². The summed E-state index contributed by atoms with van der Waals surface area (Å²) in [6, 6.07) is 0. The minimum Gasteiger partial charge on any atom is -0.462 e. The Hall–Kier alpha value is -1.59. The molecule has 0 spiro atoms. The first-order valence-electron chi connectivity index (χ1n) is 21.9. The van der Waals surface area contributed by atoms with Crippen molar-refractivity contribution in [2.45, 2.75) is 212 Å². The highest BCUT2D eigenvalue weighted by Crippen LogP contribution is 2.38. The zero-order valence-electron chi connectivity index (χ0n) is 34.4. The number of phosphoric acid groups is 1. The molecule has 5 N–H and O–H groups in total. The highest BCUT2D eigenvalue weighted by Gasteiger charge is 2.39. The number of unbranched alkanes of at least 4 members (excludes halogenated alkanes) is 18. The standard InChI is InChI=1S/C43H79O11P/c1-3-5-7-8-9-10-11-12-13-14-15-16-17-18-19-20-25-29-42(47)52-34-37(35-53-55(49,50)51)54-43(48)30-26-22-21-24-28-38-39(41(46)33-40(38)45)32-31-36(44)27-23-6-4-2/h12-13,31-32,36-41,44-46H,3-11,14-30,33-35H2,1-2H3,(H2,49,50,51)/b13-12-,32-31+/t36-,37+,38+,39+,40-,41+/m0/s1. The number of rotatable bonds is 36. The van der Waals surface area contributed by atoms with Crippen LogP contribution in [0.25, 0.3) is 0 Å². The number of ether oxygens (including phenoxy) is 2. The van der Waals surface area contributed by atoms with Gasteiger partial charge >= 0.3 is 19.8 Å². The van der Waals surface area contributed by atoms with Crippen molar-refractivity contribution >= 4 is 19.8 Å². The molecule has 1 fully saturated rings. The highest BCUT2D eigenvalue weighted by molar-refractivity contribution is 7.46. The number of aliphatic hydroxyl groups excluding tert-OH is 3. The van der Waals surface area contributed by atoms with Crippen LogP contribution < -0.4 is 0 Å². The lowest BCUT2D eigenvalue weighted by molar-refractivity contribution is -0.161. The van der Waals surface area contributed by atoms with Gasteiger partial charge in [0.25, 0.3) is 0 Å². The Morgan fingerprint density at radius 2 is 1.22 bits per heavy atom. The summed E-state index contributed by atoms with van der Waals surface area (Å²) in [5.41, 5.74) is 0. The molecule has 0 aromatic rings. The first-order valence-corrected chi connectivity index (χ1v) is 23.4. The summed E-state index contributed by atoms with van der Waals surface area (Å²) in [7, 11) is -4.82. The minimum atomic E-state index is -4.82. The average molecular weight is 803 g/mol. The van der Waals surface area contributed by atoms with Gasteiger partial charge in [-0.1, -0.05) is 141 Å². The fraction of sp³-hybridized carbons (Fsp3) is 0.860. The second kappa shape index (κ2) is 33.4. The average Bonchev–Trinajstić information content (AvgIpc) is 3.41. The van der Waals surface area contributed by atoms with Crippen molar-refractivity contribution in [2.24, 2.45) is 11.8 Å². The predicted octanol–water partition coefficient (Wildman–Crippen LogP) is 9.56. The second-order valence-corrected chi connectivity index (χ2v) is 16.9. The van der Waals surface area contributed by atoms with Gasteiger partial charge in [-0.2, -0.15) is 0 Å². The summed E-state index contributed by atoms with van der Waals surface area (Å²) in [6.07, 6.45) is 31.0. The largest absolute Gasteiger partial charge is 0.469 e. The van der Waals surface area contributed by atoms with E-state index in [0.29, 0.717) is 32.1 Å². The SMILES string of the molecule is CCCCCCCC/C=C\CCCCCCCCCC(=O)OC[C@H](COP(=O)(O)O)OC(=O)CCCCCC[C@@H]1[C@@H](/C=C/[C@@H](O)CCCCC)[C@H](O)C[C@@H]1O. The highest BCUT2D eigenvalue weighted by atomic mass is 31.2. The van der Waals surface area contributed by atoms with E-state index < -0.39 is 50.8 Å². The van der Waals surface area contributed by atoms with Crippen molar-refractivity contribution in [1.82, 2.24) is 0 Å². The Kier molecular flexibility index (Phi) is 31.2. The molecule has 0 unspecified atom stereocenters. The van der Waals surface area contributed by atoms with Crippen molar-refractivity contribution in [3.05, 3.63) is 24.3 Å². The van der Waals surface area contributed by atoms with Gasteiger partial charge in [-0.15, -0.1) is 0 Å². The number of hydrogen-bond acceptors (Lipinski definition) is 9. The van der Waals surface area contributed by atoms with Gasteiger partial charge in [0, 0.05) is 25.2 Å². The summed E-state index contributed by atoms with van der Waals surface area (Å²) in [4.78, 5) is 43.1. The molecule has 0 bridgehead atoms. The van der Waals surface area contributed by atoms with E-state index in [1.165, 1.54) is 64.2 Å². The van der Waals surface area contributed by atoms with Crippen LogP contribution in [0, 0.1) is 11.8 Å². The molecule has 0 aliphatic heterocycles. The molecule has 1 aliphatic carbocycles. The van der Waals surface area contributed by atoms with E-state index in [2.05, 4.69) is 30.5 Å². The van der Waals surface area contributed by atoms with Crippen molar-refractivity contribution in [3.8, 4) is 0 Å². The number of hydrogen-bond donors (Lipinski definition) is 5. The fourth-order valence-corrected chi connectivity index (χ4v) is 7.59. The van der Waals surface area contributed by atoms with Crippen LogP contribution in [0.2, 0.25) is 0 Å². The van der Waals surface area contributed by atoms with E-state index in [1.807, 2.05) is 6.08 Å². The normalized spacial score (nSPS) is 20.1. The number of carbonyl (C=O) groups is 2. The maximum Gasteiger partial charge on any atom is 0.469 e. The van der Waals surface area contributed by atoms with E-state index in [9.17, 15) is 29.5 Å². The number of phosphoric ester groups is 1. The zero-order chi connectivity index (χ0) is 40.6. The van der Waals surface area contributed by atoms with Crippen LogP contribution >= 0.6 is 7.82 Å². The van der Waals surface area contributed by atoms with Crippen molar-refractivity contribution in [1.29, 1.82) is 0 Å². The predicted molar refractivity (Wildman–Crippen MR) is 218 cm³/mol. The molecule has 0 aromatic carbocycles. The zero-order valence-corrected chi connectivity index (χ0v) is 35.3. The van der Waals surface area contributed by atoms with Gasteiger partial charge in [-0.25, -0.2) is 4.57 Å². The summed E-state index contributed by atoms with van der Waals surface area (Å²) in [5.74, 6) is -1.32. The lowest BCUT2D eigenvalue weighted by Gasteiger charge is -2.21. The lowest BCUT2D eigenvalue weighted by Crippen LogP contribution is -2.29. The van der Waals surface area contributed by atoms with Crippen LogP contribution in [0.15, 0.2) is 24.3 Å². The van der Waals surface area contributed by atoms with Gasteiger partial charge in [-0.3, -0.25) is 14.1 Å². The van der Waals surface area contributed by atoms with E-state index in [4.69, 9.17) is 19.3 Å². The van der Waals surface area contributed by atoms with E-state index in [0.717, 1.165) is 64.2 Å². The molecule has 0 aromatic heterocycles. The Labute approximate surface area is 333 Å². The molecular formula is C43H79O11P. The molecule has 1 saturated carbocycles. The molecule has 1 aliphatic rings. The van der Waals surface area contributed by atoms with Crippen LogP contribution in [0.4, 0.5) is 0 Å². The second-order valence-electron chi connectivity index (χ2n) is 15.6. The van der Waals surface area contributed by atoms with Crippen LogP contribution in [-0.2, 0) is 28.2 Å². The smallest absolute Gasteiger partial charge is 0.462 e. The van der Waals surface area contributed by atoms with E-state index >= 15 is 0 Å². The third-order valence-electron chi connectivity index (χ3n) is 10.5. The Morgan fingerprint density at radius 1 is 0.691 bits per heavy atom. The number of allylic oxidation sites excluding steroid dienone is 2. The number of esters is 2. The summed E-state index contributed by atoms with van der Waals surface area (Å²) in [6.45, 7) is 3.41. The third-order valence-corrected chi connectivity index (χ3v) is 11.0. The molecule has 0 radical (unpaired) electrons. The molecule has 0 heterocycles. The summed E-state index contributed by atoms with van der Waals surface area (Å²) >= 11 is 0. The quantitative estimate of drug-likeness (QED) is 0.0176. The van der Waals surface area contributed by atoms with Gasteiger partial charge in [0.15, 0.2) is 6.10 Å². The maximum atomic E-state index is 12.5. The Balaban J connectivity index is 2.24. The Morgan fingerprint density at radius 3 is 1.82 bits per heavy atom. The van der Waals surface area contributed by atoms with Gasteiger partial charge in [0.05, 0.1) is 24.9 Å². The molecule has 1 rings (SSSR count). The molecule has 322 valence electrons. The maximum absolute atomic E-state index is 12.5. The molecule has 0 saturated heterocycles. The van der Waals surface area contributed by atoms with Crippen LogP contribution in [0.5, 0.6) is 0 Å². The third kappa shape index (κ3) is 29.3. The molecule has 0 amide bonds. The molecule has 11 nitrogen and oxygen atoms in total. The molecule has 12 heteroatoms. The van der Waals surface area contributed by atoms with Gasteiger partial charge in [0.1, 0.15) is 6.61 Å². The van der Waals surface area contributed by atoms with Crippen molar-refractivity contribution < 1.29 is 53.3 Å². The molecule has 55 heavy (non-hydrogen) atoms. The lowest BCUT2D eigenvalue weighted by atomic mass is 9.88. The Bertz CT molecular complexity index is 1060. The molecular weight excluding hydrogens is 723 g/mol. The summed E-state index contributed by atoms with van der Waals surface area (Å²) in [5, 5.41) is 31.3. The first-order chi connectivity index (χ1) is 26.5. The van der Waals surface area contributed by atoms with Gasteiger partial charge in [0.2, 0.25) is 0 Å². The minimum absolute atomic E-state index is 0.0857. The molecule has 6 atom stereocenters.